The zero-order chi connectivity index (χ0) is 24.5. The van der Waals surface area contributed by atoms with Crippen molar-refractivity contribution in [2.75, 3.05) is 10.6 Å². The highest BCUT2D eigenvalue weighted by Crippen LogP contribution is 2.31. The summed E-state index contributed by atoms with van der Waals surface area (Å²) in [4.78, 5) is 28.2. The molecular formula is C23H29N7O4. The predicted molar refractivity (Wildman–Crippen MR) is 129 cm³/mol. The molecule has 1 aromatic carbocycles. The Bertz CT molecular complexity index is 1180. The van der Waals surface area contributed by atoms with Crippen LogP contribution in [0.15, 0.2) is 42.7 Å². The number of amides is 1. The van der Waals surface area contributed by atoms with Crippen LogP contribution in [-0.2, 0) is 0 Å². The molecule has 0 saturated heterocycles. The Morgan fingerprint density at radius 3 is 2.47 bits per heavy atom. The summed E-state index contributed by atoms with van der Waals surface area (Å²) < 4.78 is 1.67. The van der Waals surface area contributed by atoms with Crippen molar-refractivity contribution in [2.24, 2.45) is 0 Å². The lowest BCUT2D eigenvalue weighted by Gasteiger charge is -2.42. The van der Waals surface area contributed by atoms with Crippen LogP contribution >= 0.6 is 0 Å². The van der Waals surface area contributed by atoms with Gasteiger partial charge in [-0.3, -0.25) is 10.1 Å². The lowest BCUT2D eigenvalue weighted by atomic mass is 9.88. The second-order valence-corrected chi connectivity index (χ2v) is 9.54. The van der Waals surface area contributed by atoms with Crippen LogP contribution in [0.2, 0.25) is 0 Å². The molecule has 0 unspecified atom stereocenters. The third-order valence-corrected chi connectivity index (χ3v) is 6.06. The first-order chi connectivity index (χ1) is 16.1. The molecule has 34 heavy (non-hydrogen) atoms. The quantitative estimate of drug-likeness (QED) is 0.344. The minimum Gasteiger partial charge on any atom is -0.465 e. The topological polar surface area (TPSA) is 138 Å². The molecule has 11 heteroatoms. The zero-order valence-corrected chi connectivity index (χ0v) is 19.4. The summed E-state index contributed by atoms with van der Waals surface area (Å²) in [6.07, 6.45) is 5.76. The number of benzene rings is 1. The van der Waals surface area contributed by atoms with Gasteiger partial charge < -0.3 is 20.6 Å². The van der Waals surface area contributed by atoms with Crippen LogP contribution in [0.3, 0.4) is 0 Å². The van der Waals surface area contributed by atoms with Crippen LogP contribution in [0.5, 0.6) is 0 Å². The lowest BCUT2D eigenvalue weighted by Crippen LogP contribution is -2.52. The average Bonchev–Trinajstić information content (AvgIpc) is 3.23. The van der Waals surface area contributed by atoms with Crippen molar-refractivity contribution in [3.63, 3.8) is 0 Å². The van der Waals surface area contributed by atoms with Crippen LogP contribution < -0.4 is 10.6 Å². The minimum atomic E-state index is -0.877. The summed E-state index contributed by atoms with van der Waals surface area (Å²) >= 11 is 0. The van der Waals surface area contributed by atoms with Crippen molar-refractivity contribution in [3.8, 4) is 0 Å². The molecule has 3 aromatic rings. The van der Waals surface area contributed by atoms with Gasteiger partial charge in [0.05, 0.1) is 10.6 Å². The number of nitro benzene ring substituents is 1. The van der Waals surface area contributed by atoms with Crippen LogP contribution in [-0.4, -0.2) is 53.2 Å². The van der Waals surface area contributed by atoms with Crippen molar-refractivity contribution in [3.05, 3.63) is 52.8 Å². The zero-order valence-electron chi connectivity index (χ0n) is 19.4. The molecule has 1 aliphatic carbocycles. The molecule has 1 fully saturated rings. The molecule has 0 bridgehead atoms. The van der Waals surface area contributed by atoms with E-state index in [1.165, 1.54) is 12.1 Å². The van der Waals surface area contributed by atoms with Crippen molar-refractivity contribution < 1.29 is 14.8 Å². The first-order valence-corrected chi connectivity index (χ1v) is 11.3. The molecule has 1 amide bonds. The largest absolute Gasteiger partial charge is 0.465 e. The molecule has 0 spiro atoms. The Kier molecular flexibility index (Phi) is 6.27. The number of fused-ring (bicyclic) bond motifs is 1. The van der Waals surface area contributed by atoms with E-state index in [0.29, 0.717) is 17.2 Å². The van der Waals surface area contributed by atoms with E-state index in [-0.39, 0.29) is 17.8 Å². The summed E-state index contributed by atoms with van der Waals surface area (Å²) in [6.45, 7) is 5.78. The SMILES string of the molecule is CC(C)(C)N(C(=O)O)[C@H]1CC[C@H](Nc2cc(Nc3ccc([N+](=O)[O-])cc3)c3nccn3n2)CC1. The summed E-state index contributed by atoms with van der Waals surface area (Å²) in [7, 11) is 0. The van der Waals surface area contributed by atoms with Gasteiger partial charge in [-0.15, -0.1) is 5.10 Å². The molecule has 0 atom stereocenters. The predicted octanol–water partition coefficient (Wildman–Crippen LogP) is 4.88. The molecule has 1 aliphatic rings. The molecule has 0 radical (unpaired) electrons. The summed E-state index contributed by atoms with van der Waals surface area (Å²) in [5.41, 5.74) is 1.63. The number of anilines is 3. The first kappa shape index (κ1) is 23.3. The molecule has 4 rings (SSSR count). The molecule has 3 N–H and O–H groups in total. The fourth-order valence-corrected chi connectivity index (χ4v) is 4.58. The first-order valence-electron chi connectivity index (χ1n) is 11.3. The number of hydrogen-bond acceptors (Lipinski definition) is 7. The number of carboxylic acid groups (broad SMARTS) is 1. The second-order valence-electron chi connectivity index (χ2n) is 9.54. The number of rotatable bonds is 6. The Balaban J connectivity index is 1.47. The lowest BCUT2D eigenvalue weighted by molar-refractivity contribution is -0.384. The number of carbonyl (C=O) groups is 1. The number of imidazole rings is 1. The molecule has 11 nitrogen and oxygen atoms in total. The van der Waals surface area contributed by atoms with Gasteiger partial charge in [0.25, 0.3) is 5.69 Å². The molecule has 0 aliphatic heterocycles. The normalized spacial score (nSPS) is 18.4. The number of non-ortho nitro benzene ring substituents is 1. The standard InChI is InChI=1S/C23H29N7O4/c1-23(2,3)29(22(31)32)17-8-4-16(5-9-17)26-20-14-19(21-24-12-13-28(21)27-20)25-15-6-10-18(11-7-15)30(33)34/h6-7,10-14,16-17,25H,4-5,8-9H2,1-3H3,(H,26,27)(H,31,32)/t16-,17-. The van der Waals surface area contributed by atoms with E-state index in [9.17, 15) is 20.0 Å². The maximum atomic E-state index is 11.8. The maximum absolute atomic E-state index is 11.8. The van der Waals surface area contributed by atoms with Gasteiger partial charge in [0.2, 0.25) is 0 Å². The number of nitrogens with zero attached hydrogens (tertiary/aromatic N) is 5. The van der Waals surface area contributed by atoms with Gasteiger partial charge in [-0.05, 0) is 58.6 Å². The average molecular weight is 468 g/mol. The van der Waals surface area contributed by atoms with Crippen molar-refractivity contribution in [1.29, 1.82) is 0 Å². The van der Waals surface area contributed by atoms with Gasteiger partial charge in [0.1, 0.15) is 5.82 Å². The fourth-order valence-electron chi connectivity index (χ4n) is 4.58. The van der Waals surface area contributed by atoms with Crippen molar-refractivity contribution in [2.45, 2.75) is 64.1 Å². The van der Waals surface area contributed by atoms with E-state index in [4.69, 9.17) is 0 Å². The van der Waals surface area contributed by atoms with Crippen LogP contribution in [0.4, 0.5) is 27.7 Å². The molecule has 180 valence electrons. The fraction of sp³-hybridized carbons (Fsp3) is 0.435. The maximum Gasteiger partial charge on any atom is 0.407 e. The summed E-state index contributed by atoms with van der Waals surface area (Å²) in [5, 5.41) is 32.0. The van der Waals surface area contributed by atoms with Gasteiger partial charge in [0.15, 0.2) is 5.65 Å². The molecular weight excluding hydrogens is 438 g/mol. The third-order valence-electron chi connectivity index (χ3n) is 6.06. The monoisotopic (exact) mass is 467 g/mol. The highest BCUT2D eigenvalue weighted by molar-refractivity contribution is 5.76. The van der Waals surface area contributed by atoms with Gasteiger partial charge >= 0.3 is 6.09 Å². The van der Waals surface area contributed by atoms with Gasteiger partial charge in [-0.25, -0.2) is 14.3 Å². The number of nitro groups is 1. The third kappa shape index (κ3) is 5.03. The van der Waals surface area contributed by atoms with E-state index in [1.54, 1.807) is 33.9 Å². The Morgan fingerprint density at radius 2 is 1.88 bits per heavy atom. The van der Waals surface area contributed by atoms with Crippen molar-refractivity contribution in [1.82, 2.24) is 19.5 Å². The van der Waals surface area contributed by atoms with E-state index < -0.39 is 16.6 Å². The smallest absolute Gasteiger partial charge is 0.407 e. The Labute approximate surface area is 196 Å². The van der Waals surface area contributed by atoms with E-state index in [0.717, 1.165) is 31.4 Å². The van der Waals surface area contributed by atoms with E-state index in [2.05, 4.69) is 20.7 Å². The highest BCUT2D eigenvalue weighted by Gasteiger charge is 2.35. The minimum absolute atomic E-state index is 0.000923. The van der Waals surface area contributed by atoms with Crippen LogP contribution in [0.25, 0.3) is 5.65 Å². The number of nitrogens with one attached hydrogen (secondary N) is 2. The number of hydrogen-bond donors (Lipinski definition) is 3. The van der Waals surface area contributed by atoms with E-state index >= 15 is 0 Å². The second kappa shape index (κ2) is 9.16. The van der Waals surface area contributed by atoms with Crippen molar-refractivity contribution >= 4 is 34.6 Å². The van der Waals surface area contributed by atoms with Crippen LogP contribution in [0.1, 0.15) is 46.5 Å². The number of aromatic nitrogens is 3. The Morgan fingerprint density at radius 1 is 1.21 bits per heavy atom. The highest BCUT2D eigenvalue weighted by atomic mass is 16.6. The summed E-state index contributed by atoms with van der Waals surface area (Å²) in [5.74, 6) is 0.671. The van der Waals surface area contributed by atoms with Gasteiger partial charge in [-0.2, -0.15) is 0 Å². The molecule has 2 heterocycles. The van der Waals surface area contributed by atoms with Gasteiger partial charge in [0, 0.05) is 53.9 Å². The Hall–Kier alpha value is -3.89. The van der Waals surface area contributed by atoms with Crippen LogP contribution in [0, 0.1) is 10.1 Å². The molecule has 2 aromatic heterocycles. The molecule has 1 saturated carbocycles. The van der Waals surface area contributed by atoms with Gasteiger partial charge in [-0.1, -0.05) is 0 Å². The van der Waals surface area contributed by atoms with E-state index in [1.807, 2.05) is 26.8 Å². The summed E-state index contributed by atoms with van der Waals surface area (Å²) in [6, 6.07) is 8.23.